The molecular formula is C9H13F3O. The van der Waals surface area contributed by atoms with E-state index in [-0.39, 0.29) is 17.6 Å². The maximum atomic E-state index is 11.8. The van der Waals surface area contributed by atoms with Gasteiger partial charge in [0.1, 0.15) is 5.78 Å². The van der Waals surface area contributed by atoms with Gasteiger partial charge in [0, 0.05) is 11.8 Å². The van der Waals surface area contributed by atoms with Gasteiger partial charge in [-0.3, -0.25) is 4.79 Å². The van der Waals surface area contributed by atoms with Crippen molar-refractivity contribution in [2.24, 2.45) is 5.41 Å². The molecule has 0 unspecified atom stereocenters. The predicted octanol–water partition coefficient (Wildman–Crippen LogP) is 3.09. The molecule has 0 spiro atoms. The molecule has 0 heterocycles. The molecule has 0 amide bonds. The molecule has 0 aromatic rings. The predicted molar refractivity (Wildman–Crippen MR) is 42.3 cm³/mol. The van der Waals surface area contributed by atoms with Crippen molar-refractivity contribution in [2.75, 3.05) is 0 Å². The Balaban J connectivity index is 2.24. The summed E-state index contributed by atoms with van der Waals surface area (Å²) in [4.78, 5) is 11.0. The van der Waals surface area contributed by atoms with Crippen molar-refractivity contribution in [1.29, 1.82) is 0 Å². The van der Waals surface area contributed by atoms with Crippen molar-refractivity contribution in [1.82, 2.24) is 0 Å². The second-order valence-corrected chi connectivity index (χ2v) is 3.81. The number of halogens is 3. The normalized spacial score (nSPS) is 20.0. The van der Waals surface area contributed by atoms with Crippen molar-refractivity contribution >= 4 is 5.78 Å². The van der Waals surface area contributed by atoms with Crippen LogP contribution in [0.25, 0.3) is 0 Å². The Kier molecular flexibility index (Phi) is 2.68. The van der Waals surface area contributed by atoms with Crippen LogP contribution in [0.1, 0.15) is 39.0 Å². The molecule has 0 aromatic heterocycles. The van der Waals surface area contributed by atoms with Gasteiger partial charge in [0.05, 0.1) is 0 Å². The SMILES string of the molecule is CC(=O)C1(CCCC(F)(F)F)CC1. The zero-order valence-electron chi connectivity index (χ0n) is 7.58. The molecule has 0 saturated heterocycles. The average Bonchev–Trinajstić information content (AvgIpc) is 2.65. The summed E-state index contributed by atoms with van der Waals surface area (Å²) in [5.41, 5.74) is -0.370. The Morgan fingerprint density at radius 2 is 1.92 bits per heavy atom. The van der Waals surface area contributed by atoms with E-state index in [1.54, 1.807) is 0 Å². The molecule has 0 N–H and O–H groups in total. The van der Waals surface area contributed by atoms with Crippen molar-refractivity contribution in [3.8, 4) is 0 Å². The van der Waals surface area contributed by atoms with Gasteiger partial charge < -0.3 is 0 Å². The molecule has 4 heteroatoms. The maximum absolute atomic E-state index is 11.8. The van der Waals surface area contributed by atoms with Crippen LogP contribution in [0.4, 0.5) is 13.2 Å². The zero-order chi connectivity index (χ0) is 10.1. The smallest absolute Gasteiger partial charge is 0.299 e. The monoisotopic (exact) mass is 194 g/mol. The second-order valence-electron chi connectivity index (χ2n) is 3.81. The Morgan fingerprint density at radius 1 is 1.38 bits per heavy atom. The van der Waals surface area contributed by atoms with Crippen LogP contribution in [-0.4, -0.2) is 12.0 Å². The zero-order valence-corrected chi connectivity index (χ0v) is 7.58. The number of rotatable bonds is 4. The van der Waals surface area contributed by atoms with E-state index in [1.165, 1.54) is 6.92 Å². The number of hydrogen-bond donors (Lipinski definition) is 0. The quantitative estimate of drug-likeness (QED) is 0.672. The standard InChI is InChI=1S/C9H13F3O/c1-7(13)8(5-6-8)3-2-4-9(10,11)12/h2-6H2,1H3. The summed E-state index contributed by atoms with van der Waals surface area (Å²) < 4.78 is 35.3. The fourth-order valence-corrected chi connectivity index (χ4v) is 1.56. The second kappa shape index (κ2) is 3.31. The minimum Gasteiger partial charge on any atom is -0.299 e. The summed E-state index contributed by atoms with van der Waals surface area (Å²) in [5, 5.41) is 0. The molecule has 13 heavy (non-hydrogen) atoms. The number of carbonyl (C=O) groups excluding carboxylic acids is 1. The number of Topliss-reactive ketones (excluding diaryl/α,β-unsaturated/α-hetero) is 1. The van der Waals surface area contributed by atoms with Crippen LogP contribution in [0.5, 0.6) is 0 Å². The van der Waals surface area contributed by atoms with Gasteiger partial charge >= 0.3 is 6.18 Å². The summed E-state index contributed by atoms with van der Waals surface area (Å²) >= 11 is 0. The fraction of sp³-hybridized carbons (Fsp3) is 0.889. The van der Waals surface area contributed by atoms with Gasteiger partial charge in [-0.1, -0.05) is 0 Å². The van der Waals surface area contributed by atoms with Crippen molar-refractivity contribution in [2.45, 2.75) is 45.2 Å². The topological polar surface area (TPSA) is 17.1 Å². The highest BCUT2D eigenvalue weighted by molar-refractivity contribution is 5.84. The Bertz CT molecular complexity index is 203. The van der Waals surface area contributed by atoms with Crippen LogP contribution in [0.3, 0.4) is 0 Å². The van der Waals surface area contributed by atoms with Crippen LogP contribution in [-0.2, 0) is 4.79 Å². The highest BCUT2D eigenvalue weighted by Gasteiger charge is 2.46. The molecule has 0 bridgehead atoms. The summed E-state index contributed by atoms with van der Waals surface area (Å²) in [6.07, 6.45) is -2.79. The Labute approximate surface area is 75.3 Å². The highest BCUT2D eigenvalue weighted by Crippen LogP contribution is 2.50. The third-order valence-electron chi connectivity index (χ3n) is 2.72. The van der Waals surface area contributed by atoms with E-state index in [4.69, 9.17) is 0 Å². The molecule has 1 aliphatic rings. The fourth-order valence-electron chi connectivity index (χ4n) is 1.56. The van der Waals surface area contributed by atoms with Crippen LogP contribution in [0.2, 0.25) is 0 Å². The third kappa shape index (κ3) is 3.01. The summed E-state index contributed by atoms with van der Waals surface area (Å²) in [6.45, 7) is 1.47. The van der Waals surface area contributed by atoms with Crippen molar-refractivity contribution < 1.29 is 18.0 Å². The lowest BCUT2D eigenvalue weighted by atomic mass is 9.95. The van der Waals surface area contributed by atoms with E-state index in [2.05, 4.69) is 0 Å². The Hall–Kier alpha value is -0.540. The molecule has 76 valence electrons. The first-order valence-electron chi connectivity index (χ1n) is 4.44. The van der Waals surface area contributed by atoms with Crippen LogP contribution in [0, 0.1) is 5.41 Å². The molecule has 1 aliphatic carbocycles. The first-order valence-corrected chi connectivity index (χ1v) is 4.44. The van der Waals surface area contributed by atoms with Crippen LogP contribution < -0.4 is 0 Å². The van der Waals surface area contributed by atoms with E-state index >= 15 is 0 Å². The third-order valence-corrected chi connectivity index (χ3v) is 2.72. The summed E-state index contributed by atoms with van der Waals surface area (Å²) in [5.74, 6) is 0.0506. The largest absolute Gasteiger partial charge is 0.389 e. The van der Waals surface area contributed by atoms with Gasteiger partial charge in [0.15, 0.2) is 0 Å². The lowest BCUT2D eigenvalue weighted by Gasteiger charge is -2.11. The van der Waals surface area contributed by atoms with E-state index in [0.29, 0.717) is 6.42 Å². The molecule has 1 saturated carbocycles. The molecule has 1 rings (SSSR count). The minimum atomic E-state index is -4.08. The number of carbonyl (C=O) groups is 1. The first kappa shape index (κ1) is 10.5. The number of ketones is 1. The van der Waals surface area contributed by atoms with E-state index in [9.17, 15) is 18.0 Å². The maximum Gasteiger partial charge on any atom is 0.389 e. The van der Waals surface area contributed by atoms with Crippen LogP contribution >= 0.6 is 0 Å². The van der Waals surface area contributed by atoms with Gasteiger partial charge in [-0.25, -0.2) is 0 Å². The molecule has 1 nitrogen and oxygen atoms in total. The summed E-state index contributed by atoms with van der Waals surface area (Å²) in [7, 11) is 0. The molecule has 1 fully saturated rings. The van der Waals surface area contributed by atoms with Gasteiger partial charge in [0.2, 0.25) is 0 Å². The number of hydrogen-bond acceptors (Lipinski definition) is 1. The highest BCUT2D eigenvalue weighted by atomic mass is 19.4. The minimum absolute atomic E-state index is 0.0506. The van der Waals surface area contributed by atoms with Crippen molar-refractivity contribution in [3.05, 3.63) is 0 Å². The van der Waals surface area contributed by atoms with Gasteiger partial charge in [-0.05, 0) is 32.6 Å². The lowest BCUT2D eigenvalue weighted by Crippen LogP contribution is -2.14. The molecule has 0 atom stereocenters. The molecule has 0 radical (unpaired) electrons. The first-order chi connectivity index (χ1) is 5.86. The number of alkyl halides is 3. The van der Waals surface area contributed by atoms with E-state index < -0.39 is 12.6 Å². The van der Waals surface area contributed by atoms with Crippen molar-refractivity contribution in [3.63, 3.8) is 0 Å². The van der Waals surface area contributed by atoms with E-state index in [0.717, 1.165) is 12.8 Å². The van der Waals surface area contributed by atoms with Gasteiger partial charge in [-0.2, -0.15) is 13.2 Å². The van der Waals surface area contributed by atoms with Crippen LogP contribution in [0.15, 0.2) is 0 Å². The van der Waals surface area contributed by atoms with E-state index in [1.807, 2.05) is 0 Å². The van der Waals surface area contributed by atoms with Gasteiger partial charge in [-0.15, -0.1) is 0 Å². The average molecular weight is 194 g/mol. The Morgan fingerprint density at radius 3 is 2.23 bits per heavy atom. The van der Waals surface area contributed by atoms with Gasteiger partial charge in [0.25, 0.3) is 0 Å². The molecule has 0 aromatic carbocycles. The lowest BCUT2D eigenvalue weighted by molar-refractivity contribution is -0.137. The molecule has 0 aliphatic heterocycles. The summed E-state index contributed by atoms with van der Waals surface area (Å²) in [6, 6.07) is 0. The molecular weight excluding hydrogens is 181 g/mol.